The van der Waals surface area contributed by atoms with Gasteiger partial charge in [0.2, 0.25) is 5.88 Å². The maximum atomic E-state index is 16.4. The Morgan fingerprint density at radius 3 is 2.36 bits per heavy atom. The van der Waals surface area contributed by atoms with E-state index in [1.807, 2.05) is 26.8 Å². The highest BCUT2D eigenvalue weighted by molar-refractivity contribution is 5.96. The van der Waals surface area contributed by atoms with Crippen LogP contribution in [0.3, 0.4) is 0 Å². The molecular weight excluding hydrogens is 583 g/mol. The van der Waals surface area contributed by atoms with Crippen molar-refractivity contribution in [3.8, 4) is 23.1 Å². The third kappa shape index (κ3) is 7.50. The molecule has 4 aromatic rings. The van der Waals surface area contributed by atoms with Crippen molar-refractivity contribution in [2.75, 3.05) is 24.1 Å². The Labute approximate surface area is 252 Å². The number of pyridine rings is 1. The molecule has 0 fully saturated rings. The number of nitrogen functional groups attached to an aromatic ring is 1. The Kier molecular flexibility index (Phi) is 11.4. The minimum Gasteiger partial charge on any atom is -0.474 e. The normalized spacial score (nSPS) is 11.9. The molecule has 0 saturated carbocycles. The van der Waals surface area contributed by atoms with Crippen molar-refractivity contribution < 1.29 is 31.4 Å². The van der Waals surface area contributed by atoms with E-state index in [2.05, 4.69) is 32.0 Å². The fraction of sp³-hybridized carbons (Fsp3) is 0.355. The van der Waals surface area contributed by atoms with E-state index < -0.39 is 57.5 Å². The van der Waals surface area contributed by atoms with E-state index in [4.69, 9.17) is 15.2 Å². The molecule has 1 atom stereocenters. The third-order valence-corrected chi connectivity index (χ3v) is 6.46. The van der Waals surface area contributed by atoms with E-state index in [-0.39, 0.29) is 42.8 Å². The molecule has 13 heteroatoms. The molecule has 2 aromatic carbocycles. The molecule has 0 saturated heterocycles. The maximum Gasteiger partial charge on any atom is 0.417 e. The van der Waals surface area contributed by atoms with Crippen molar-refractivity contribution in [1.82, 2.24) is 15.0 Å². The maximum absolute atomic E-state index is 16.4. The average molecular weight is 619 g/mol. The van der Waals surface area contributed by atoms with Gasteiger partial charge in [0.1, 0.15) is 34.8 Å². The summed E-state index contributed by atoms with van der Waals surface area (Å²) in [5.74, 6) is -2.65. The van der Waals surface area contributed by atoms with E-state index in [9.17, 15) is 17.6 Å². The molecule has 0 aliphatic rings. The first-order valence-corrected chi connectivity index (χ1v) is 14.0. The molecule has 1 unspecified atom stereocenters. The molecule has 0 amide bonds. The van der Waals surface area contributed by atoms with Crippen molar-refractivity contribution in [2.45, 2.75) is 59.9 Å². The fourth-order valence-electron chi connectivity index (χ4n) is 4.20. The molecule has 0 spiro atoms. The van der Waals surface area contributed by atoms with Crippen LogP contribution in [0.25, 0.3) is 22.2 Å². The van der Waals surface area contributed by atoms with Gasteiger partial charge in [0.15, 0.2) is 5.82 Å². The standard InChI is InChI=1S/C29H29F5N6O2.C2H6/c1-5-15(2)42-27-20-25(23(31)24(38-27)18-13-19(35)22(30)16(3)21(18)29(32,33)34)39-28(40-26(20)37-12-11-36-4)41-14-17-9-7-6-8-10-17;1-2/h6-10,13,15H,4-5,11-12,14,35H2,1-3H3,(H,37,39,40);1-2H3. The van der Waals surface area contributed by atoms with Gasteiger partial charge in [-0.25, -0.2) is 13.8 Å². The molecule has 4 rings (SSSR count). The van der Waals surface area contributed by atoms with E-state index in [1.54, 1.807) is 31.2 Å². The van der Waals surface area contributed by atoms with Crippen LogP contribution in [0.5, 0.6) is 11.9 Å². The van der Waals surface area contributed by atoms with Crippen LogP contribution in [0.15, 0.2) is 41.4 Å². The van der Waals surface area contributed by atoms with Crippen molar-refractivity contribution >= 4 is 29.1 Å². The van der Waals surface area contributed by atoms with Gasteiger partial charge in [-0.1, -0.05) is 51.1 Å². The van der Waals surface area contributed by atoms with Crippen LogP contribution < -0.4 is 20.5 Å². The number of aliphatic imine (C=N–C) groups is 1. The summed E-state index contributed by atoms with van der Waals surface area (Å²) in [7, 11) is 0. The number of nitrogens with one attached hydrogen (secondary N) is 1. The lowest BCUT2D eigenvalue weighted by Gasteiger charge is -2.21. The summed E-state index contributed by atoms with van der Waals surface area (Å²) in [6, 6.07) is 9.50. The number of nitrogens with two attached hydrogens (primary N) is 1. The van der Waals surface area contributed by atoms with Crippen LogP contribution in [0.1, 0.15) is 50.8 Å². The average Bonchev–Trinajstić information content (AvgIpc) is 3.00. The number of hydrogen-bond donors (Lipinski definition) is 2. The second kappa shape index (κ2) is 14.8. The zero-order valence-electron chi connectivity index (χ0n) is 25.1. The van der Waals surface area contributed by atoms with Gasteiger partial charge in [-0.05, 0) is 44.2 Å². The highest BCUT2D eigenvalue weighted by Crippen LogP contribution is 2.44. The van der Waals surface area contributed by atoms with Crippen LogP contribution in [-0.2, 0) is 12.8 Å². The van der Waals surface area contributed by atoms with E-state index >= 15 is 4.39 Å². The molecule has 0 aliphatic heterocycles. The fourth-order valence-corrected chi connectivity index (χ4v) is 4.20. The van der Waals surface area contributed by atoms with Gasteiger partial charge in [-0.15, -0.1) is 0 Å². The summed E-state index contributed by atoms with van der Waals surface area (Å²) < 4.78 is 85.3. The van der Waals surface area contributed by atoms with Crippen LogP contribution in [0.4, 0.5) is 33.5 Å². The van der Waals surface area contributed by atoms with Gasteiger partial charge in [-0.2, -0.15) is 23.1 Å². The number of nitrogens with zero attached hydrogens (tertiary/aromatic N) is 4. The van der Waals surface area contributed by atoms with Gasteiger partial charge >= 0.3 is 12.2 Å². The number of ether oxygens (including phenoxy) is 2. The molecule has 0 bridgehead atoms. The van der Waals surface area contributed by atoms with Crippen molar-refractivity contribution in [3.05, 3.63) is 64.7 Å². The summed E-state index contributed by atoms with van der Waals surface area (Å²) in [6.07, 6.45) is -5.04. The lowest BCUT2D eigenvalue weighted by Crippen LogP contribution is -2.16. The van der Waals surface area contributed by atoms with Crippen molar-refractivity contribution in [1.29, 1.82) is 0 Å². The molecule has 3 N–H and O–H groups in total. The van der Waals surface area contributed by atoms with E-state index in [0.717, 1.165) is 12.5 Å². The highest BCUT2D eigenvalue weighted by Gasteiger charge is 2.39. The summed E-state index contributed by atoms with van der Waals surface area (Å²) in [4.78, 5) is 16.6. The first kappa shape index (κ1) is 33.9. The first-order valence-electron chi connectivity index (χ1n) is 14.0. The minimum atomic E-state index is -5.06. The Morgan fingerprint density at radius 1 is 1.07 bits per heavy atom. The Bertz CT molecular complexity index is 1600. The Hall–Kier alpha value is -4.55. The quantitative estimate of drug-likeness (QED) is 0.0765. The molecule has 236 valence electrons. The highest BCUT2D eigenvalue weighted by atomic mass is 19.4. The second-order valence-electron chi connectivity index (χ2n) is 9.47. The molecule has 2 heterocycles. The lowest BCUT2D eigenvalue weighted by molar-refractivity contribution is -0.137. The van der Waals surface area contributed by atoms with Gasteiger partial charge in [-0.3, -0.25) is 4.99 Å². The summed E-state index contributed by atoms with van der Waals surface area (Å²) in [5.41, 5.74) is 1.70. The molecule has 0 radical (unpaired) electrons. The third-order valence-electron chi connectivity index (χ3n) is 6.46. The SMILES string of the molecule is C=NCCNc1nc(OCc2ccccc2)nc2c(F)c(-c3cc(N)c(F)c(C)c3C(F)(F)F)nc(OC(C)CC)c12.CC. The topological polar surface area (TPSA) is 108 Å². The number of benzene rings is 2. The first-order chi connectivity index (χ1) is 21.0. The zero-order chi connectivity index (χ0) is 32.6. The minimum absolute atomic E-state index is 0.0203. The number of hydrogen-bond acceptors (Lipinski definition) is 8. The number of anilines is 2. The largest absolute Gasteiger partial charge is 0.474 e. The zero-order valence-corrected chi connectivity index (χ0v) is 25.1. The van der Waals surface area contributed by atoms with Crippen molar-refractivity contribution in [2.24, 2.45) is 4.99 Å². The van der Waals surface area contributed by atoms with Gasteiger partial charge in [0.05, 0.1) is 23.9 Å². The number of fused-ring (bicyclic) bond motifs is 1. The number of aromatic nitrogens is 3. The molecule has 8 nitrogen and oxygen atoms in total. The molecule has 2 aromatic heterocycles. The van der Waals surface area contributed by atoms with Crippen LogP contribution in [0, 0.1) is 18.6 Å². The van der Waals surface area contributed by atoms with Crippen LogP contribution in [0.2, 0.25) is 0 Å². The summed E-state index contributed by atoms with van der Waals surface area (Å²) in [6.45, 7) is 12.4. The predicted molar refractivity (Wildman–Crippen MR) is 162 cm³/mol. The number of halogens is 5. The molecule has 0 aliphatic carbocycles. The number of rotatable bonds is 11. The molecule has 44 heavy (non-hydrogen) atoms. The smallest absolute Gasteiger partial charge is 0.417 e. The van der Waals surface area contributed by atoms with Gasteiger partial charge < -0.3 is 20.5 Å². The van der Waals surface area contributed by atoms with Gasteiger partial charge in [0.25, 0.3) is 0 Å². The lowest BCUT2D eigenvalue weighted by atomic mass is 9.96. The van der Waals surface area contributed by atoms with E-state index in [1.165, 1.54) is 0 Å². The second-order valence-corrected chi connectivity index (χ2v) is 9.47. The number of alkyl halides is 3. The predicted octanol–water partition coefficient (Wildman–Crippen LogP) is 7.77. The van der Waals surface area contributed by atoms with E-state index in [0.29, 0.717) is 12.5 Å². The monoisotopic (exact) mass is 618 g/mol. The summed E-state index contributed by atoms with van der Waals surface area (Å²) in [5, 5.41) is 2.99. The summed E-state index contributed by atoms with van der Waals surface area (Å²) >= 11 is 0. The molecular formula is C31H35F5N6O2. The van der Waals surface area contributed by atoms with Crippen LogP contribution in [-0.4, -0.2) is 40.9 Å². The van der Waals surface area contributed by atoms with Crippen LogP contribution >= 0.6 is 0 Å². The van der Waals surface area contributed by atoms with Gasteiger partial charge in [0, 0.05) is 12.1 Å². The Balaban J connectivity index is 0.00000259. The van der Waals surface area contributed by atoms with Crippen molar-refractivity contribution in [3.63, 3.8) is 0 Å². The Morgan fingerprint density at radius 2 is 1.75 bits per heavy atom.